The fraction of sp³-hybridized carbons (Fsp3) is 0.524. The summed E-state index contributed by atoms with van der Waals surface area (Å²) in [5.41, 5.74) is 2.17. The van der Waals surface area contributed by atoms with Crippen LogP contribution in [-0.2, 0) is 0 Å². The topological polar surface area (TPSA) is 70.2 Å². The van der Waals surface area contributed by atoms with E-state index < -0.39 is 0 Å². The van der Waals surface area contributed by atoms with Crippen molar-refractivity contribution in [2.45, 2.75) is 50.6 Å². The van der Waals surface area contributed by atoms with Gasteiger partial charge in [0.15, 0.2) is 0 Å². The van der Waals surface area contributed by atoms with Crippen LogP contribution >= 0.6 is 0 Å². The average Bonchev–Trinajstić information content (AvgIpc) is 3.09. The Morgan fingerprint density at radius 1 is 1.30 bits per heavy atom. The van der Waals surface area contributed by atoms with Gasteiger partial charge in [0.1, 0.15) is 11.4 Å². The van der Waals surface area contributed by atoms with Crippen molar-refractivity contribution in [1.29, 1.82) is 0 Å². The number of carbonyl (C=O) groups is 1. The van der Waals surface area contributed by atoms with Crippen LogP contribution in [0, 0.1) is 0 Å². The zero-order valence-electron chi connectivity index (χ0n) is 16.1. The summed E-state index contributed by atoms with van der Waals surface area (Å²) >= 11 is 0. The number of methoxy groups -OCH3 is 1. The molecule has 2 saturated heterocycles. The molecule has 2 aliphatic heterocycles. The van der Waals surface area contributed by atoms with Crippen LogP contribution in [0.25, 0.3) is 11.3 Å². The van der Waals surface area contributed by atoms with E-state index in [-0.39, 0.29) is 17.5 Å². The molecule has 2 atom stereocenters. The lowest BCUT2D eigenvalue weighted by molar-refractivity contribution is 0.0374. The van der Waals surface area contributed by atoms with Crippen molar-refractivity contribution in [3.8, 4) is 17.0 Å². The van der Waals surface area contributed by atoms with Gasteiger partial charge >= 0.3 is 0 Å². The number of likely N-dealkylation sites (tertiary alicyclic amines) is 1. The Hall–Kier alpha value is -2.34. The molecule has 0 unspecified atom stereocenters. The summed E-state index contributed by atoms with van der Waals surface area (Å²) in [6.07, 6.45) is 5.54. The number of amides is 1. The van der Waals surface area contributed by atoms with Crippen LogP contribution in [-0.4, -0.2) is 52.8 Å². The Labute approximate surface area is 160 Å². The van der Waals surface area contributed by atoms with Crippen molar-refractivity contribution in [3.63, 3.8) is 0 Å². The van der Waals surface area contributed by atoms with Crippen molar-refractivity contribution < 1.29 is 9.53 Å². The number of nitrogens with one attached hydrogen (secondary N) is 2. The van der Waals surface area contributed by atoms with Gasteiger partial charge in [-0.2, -0.15) is 5.10 Å². The molecule has 0 bridgehead atoms. The summed E-state index contributed by atoms with van der Waals surface area (Å²) in [5, 5.41) is 11.0. The van der Waals surface area contributed by atoms with Crippen molar-refractivity contribution in [2.24, 2.45) is 0 Å². The number of aromatic nitrogens is 2. The van der Waals surface area contributed by atoms with Crippen molar-refractivity contribution in [3.05, 3.63) is 36.0 Å². The lowest BCUT2D eigenvalue weighted by Gasteiger charge is -2.48. The molecule has 1 amide bonds. The molecule has 0 saturated carbocycles. The predicted octanol–water partition coefficient (Wildman–Crippen LogP) is 3.22. The van der Waals surface area contributed by atoms with E-state index >= 15 is 0 Å². The second-order valence-electron chi connectivity index (χ2n) is 7.83. The molecule has 2 fully saturated rings. The summed E-state index contributed by atoms with van der Waals surface area (Å²) < 4.78 is 5.43. The molecule has 0 spiro atoms. The highest BCUT2D eigenvalue weighted by Crippen LogP contribution is 2.34. The molecule has 27 heavy (non-hydrogen) atoms. The van der Waals surface area contributed by atoms with Crippen LogP contribution in [0.4, 0.5) is 0 Å². The lowest BCUT2D eigenvalue weighted by Crippen LogP contribution is -2.62. The molecule has 1 aromatic carbocycles. The molecular weight excluding hydrogens is 340 g/mol. The predicted molar refractivity (Wildman–Crippen MR) is 105 cm³/mol. The number of piperidine rings is 1. The Morgan fingerprint density at radius 2 is 2.15 bits per heavy atom. The normalized spacial score (nSPS) is 25.6. The Morgan fingerprint density at radius 3 is 3.00 bits per heavy atom. The van der Waals surface area contributed by atoms with E-state index in [1.54, 1.807) is 7.11 Å². The molecule has 0 radical (unpaired) electrons. The van der Waals surface area contributed by atoms with Crippen molar-refractivity contribution in [2.75, 3.05) is 20.2 Å². The van der Waals surface area contributed by atoms with Gasteiger partial charge in [0.2, 0.25) is 0 Å². The van der Waals surface area contributed by atoms with Gasteiger partial charge in [-0.05, 0) is 57.4 Å². The highest BCUT2D eigenvalue weighted by atomic mass is 16.5. The fourth-order valence-electron chi connectivity index (χ4n) is 4.62. The largest absolute Gasteiger partial charge is 0.496 e. The molecule has 6 heteroatoms. The Bertz CT molecular complexity index is 818. The molecule has 0 aliphatic carbocycles. The molecule has 2 N–H and O–H groups in total. The molecule has 2 aliphatic rings. The number of nitrogens with zero attached hydrogens (tertiary/aromatic N) is 2. The third-order valence-electron chi connectivity index (χ3n) is 6.09. The zero-order chi connectivity index (χ0) is 18.9. The molecule has 4 rings (SSSR count). The number of carbonyl (C=O) groups excluding carboxylic acids is 1. The maximum atomic E-state index is 13.3. The van der Waals surface area contributed by atoms with E-state index in [1.807, 2.05) is 30.3 Å². The monoisotopic (exact) mass is 368 g/mol. The number of ether oxygens (including phenoxy) is 1. The standard InChI is InChI=1S/C21H28N4O2/c1-21-11-7-13-25(19(21)10-5-6-12-22-21)20(26)17-14-16(23-24-17)15-8-3-4-9-18(15)27-2/h3-4,8-9,14,19,22H,5-7,10-13H2,1-2H3,(H,23,24)/t19-,21-/m0/s1. The number of hydrogen-bond acceptors (Lipinski definition) is 4. The number of benzene rings is 1. The van der Waals surface area contributed by atoms with Crippen LogP contribution in [0.1, 0.15) is 49.5 Å². The average molecular weight is 368 g/mol. The molecule has 6 nitrogen and oxygen atoms in total. The van der Waals surface area contributed by atoms with E-state index in [1.165, 1.54) is 6.42 Å². The number of hydrogen-bond donors (Lipinski definition) is 2. The second kappa shape index (κ2) is 7.35. The SMILES string of the molecule is COc1ccccc1-c1cc(C(=O)N2CCC[C@]3(C)NCCCC[C@H]23)[nH]n1. The number of aromatic amines is 1. The summed E-state index contributed by atoms with van der Waals surface area (Å²) in [6, 6.07) is 9.81. The maximum absolute atomic E-state index is 13.3. The van der Waals surface area contributed by atoms with Gasteiger partial charge in [0.05, 0.1) is 12.8 Å². The smallest absolute Gasteiger partial charge is 0.272 e. The van der Waals surface area contributed by atoms with Gasteiger partial charge in [-0.3, -0.25) is 9.89 Å². The first kappa shape index (κ1) is 18.0. The first-order chi connectivity index (χ1) is 13.1. The molecular formula is C21H28N4O2. The minimum atomic E-state index is 0.00983. The third-order valence-corrected chi connectivity index (χ3v) is 6.09. The number of para-hydroxylation sites is 1. The highest BCUT2D eigenvalue weighted by molar-refractivity contribution is 5.94. The fourth-order valence-corrected chi connectivity index (χ4v) is 4.62. The molecule has 2 aromatic rings. The first-order valence-electron chi connectivity index (χ1n) is 9.87. The van der Waals surface area contributed by atoms with Gasteiger partial charge in [0.25, 0.3) is 5.91 Å². The van der Waals surface area contributed by atoms with Crippen LogP contribution in [0.5, 0.6) is 5.75 Å². The van der Waals surface area contributed by atoms with Crippen molar-refractivity contribution >= 4 is 5.91 Å². The van der Waals surface area contributed by atoms with Crippen LogP contribution in [0.15, 0.2) is 30.3 Å². The van der Waals surface area contributed by atoms with Gasteiger partial charge in [0, 0.05) is 23.7 Å². The minimum absolute atomic E-state index is 0.00983. The quantitative estimate of drug-likeness (QED) is 0.873. The number of rotatable bonds is 3. The molecule has 1 aromatic heterocycles. The Kier molecular flexibility index (Phi) is 4.91. The van der Waals surface area contributed by atoms with E-state index in [9.17, 15) is 4.79 Å². The first-order valence-corrected chi connectivity index (χ1v) is 9.87. The van der Waals surface area contributed by atoms with Crippen molar-refractivity contribution in [1.82, 2.24) is 20.4 Å². The number of fused-ring (bicyclic) bond motifs is 1. The van der Waals surface area contributed by atoms with E-state index in [0.717, 1.165) is 55.8 Å². The highest BCUT2D eigenvalue weighted by Gasteiger charge is 2.43. The molecule has 144 valence electrons. The summed E-state index contributed by atoms with van der Waals surface area (Å²) in [5.74, 6) is 0.796. The van der Waals surface area contributed by atoms with Gasteiger partial charge in [-0.25, -0.2) is 0 Å². The van der Waals surface area contributed by atoms with Gasteiger partial charge in [-0.15, -0.1) is 0 Å². The van der Waals surface area contributed by atoms with Gasteiger partial charge < -0.3 is 15.0 Å². The van der Waals surface area contributed by atoms with E-state index in [2.05, 4.69) is 27.3 Å². The van der Waals surface area contributed by atoms with Crippen LogP contribution in [0.2, 0.25) is 0 Å². The van der Waals surface area contributed by atoms with E-state index in [0.29, 0.717) is 5.69 Å². The second-order valence-corrected chi connectivity index (χ2v) is 7.83. The third kappa shape index (κ3) is 3.34. The molecule has 3 heterocycles. The lowest BCUT2D eigenvalue weighted by atomic mass is 9.81. The maximum Gasteiger partial charge on any atom is 0.272 e. The summed E-state index contributed by atoms with van der Waals surface area (Å²) in [7, 11) is 1.64. The van der Waals surface area contributed by atoms with E-state index in [4.69, 9.17) is 4.74 Å². The van der Waals surface area contributed by atoms with Crippen LogP contribution in [0.3, 0.4) is 0 Å². The summed E-state index contributed by atoms with van der Waals surface area (Å²) in [6.45, 7) is 4.12. The number of H-pyrrole nitrogens is 1. The van der Waals surface area contributed by atoms with Crippen LogP contribution < -0.4 is 10.1 Å². The minimum Gasteiger partial charge on any atom is -0.496 e. The summed E-state index contributed by atoms with van der Waals surface area (Å²) in [4.78, 5) is 15.4. The Balaban J connectivity index is 1.60. The zero-order valence-corrected chi connectivity index (χ0v) is 16.1. The van der Waals surface area contributed by atoms with Gasteiger partial charge in [-0.1, -0.05) is 18.6 Å².